The normalized spacial score (nSPS) is 33.9. The number of Topliss-reactive ketones (excluding diaryl/α,β-unsaturated/α-hetero) is 1. The standard InChI is InChI=1S/C45H62N4O12/c1-21-14-13-15-22(2)44(57)47-35-30(18-46-49-23(3)19-48(11)20-24(49)4)39(54)32-33(40(35)55)38(53)28(8)42-34(32)43(56)45(10,61-42)59-17-16-31(58-12)25(5)41(60-29(9)50)27(7)37(52)26(6)36(21)51/h13-18,21,23-27,31,36-37,41,51-55H,19-20H2,1-12H3,(H,47,57)/b14-13+,17-16+,22-15-,46-18+/t21-,23?,24?,25+,26+,27+,31-,36-,37+,41+,45-/m0/s1. The number of carbonyl (C=O) groups is 3. The number of carbonyl (C=O) groups excluding carboxylic acids is 3. The van der Waals surface area contributed by atoms with E-state index >= 15 is 0 Å². The molecular weight excluding hydrogens is 789 g/mol. The van der Waals surface area contributed by atoms with E-state index in [1.807, 2.05) is 25.9 Å². The van der Waals surface area contributed by atoms with Crippen LogP contribution in [-0.2, 0) is 23.8 Å². The van der Waals surface area contributed by atoms with Crippen LogP contribution in [-0.4, -0.2) is 129 Å². The third-order valence-corrected chi connectivity index (χ3v) is 12.4. The molecule has 4 aliphatic rings. The van der Waals surface area contributed by atoms with Crippen LogP contribution in [0.5, 0.6) is 23.0 Å². The van der Waals surface area contributed by atoms with Gasteiger partial charge in [0.25, 0.3) is 11.7 Å². The maximum atomic E-state index is 14.5. The molecule has 0 aromatic heterocycles. The number of aliphatic hydroxyl groups excluding tert-OH is 2. The van der Waals surface area contributed by atoms with Crippen molar-refractivity contribution in [3.63, 3.8) is 0 Å². The molecule has 6 rings (SSSR count). The highest BCUT2D eigenvalue weighted by atomic mass is 16.7. The van der Waals surface area contributed by atoms with Crippen molar-refractivity contribution in [2.24, 2.45) is 28.8 Å². The van der Waals surface area contributed by atoms with Crippen LogP contribution in [0.4, 0.5) is 5.69 Å². The van der Waals surface area contributed by atoms with Gasteiger partial charge in [-0.15, -0.1) is 0 Å². The summed E-state index contributed by atoms with van der Waals surface area (Å²) in [5, 5.41) is 67.5. The Labute approximate surface area is 357 Å². The highest BCUT2D eigenvalue weighted by molar-refractivity contribution is 6.23. The zero-order chi connectivity index (χ0) is 45.4. The van der Waals surface area contributed by atoms with Gasteiger partial charge in [-0.3, -0.25) is 19.4 Å². The maximum absolute atomic E-state index is 14.5. The number of rotatable bonds is 4. The van der Waals surface area contributed by atoms with Crippen LogP contribution < -0.4 is 10.1 Å². The lowest BCUT2D eigenvalue weighted by Gasteiger charge is -2.41. The van der Waals surface area contributed by atoms with Crippen LogP contribution in [0.25, 0.3) is 10.8 Å². The lowest BCUT2D eigenvalue weighted by atomic mass is 9.78. The first-order chi connectivity index (χ1) is 28.6. The van der Waals surface area contributed by atoms with Gasteiger partial charge in [0.1, 0.15) is 23.4 Å². The predicted octanol–water partition coefficient (Wildman–Crippen LogP) is 5.11. The second kappa shape index (κ2) is 18.4. The number of allylic oxidation sites excluding steroid dienone is 2. The number of likely N-dealkylation sites (N-methyl/N-ethyl adjacent to an activating group) is 1. The first kappa shape index (κ1) is 46.9. The average molecular weight is 851 g/mol. The molecule has 1 fully saturated rings. The number of piperazine rings is 1. The summed E-state index contributed by atoms with van der Waals surface area (Å²) in [5.41, 5.74) is -0.367. The number of amides is 1. The summed E-state index contributed by atoms with van der Waals surface area (Å²) in [6, 6.07) is -0.100. The zero-order valence-electron chi connectivity index (χ0n) is 37.1. The smallest absolute Gasteiger partial charge is 0.312 e. The highest BCUT2D eigenvalue weighted by Crippen LogP contribution is 2.55. The molecule has 4 aliphatic heterocycles. The number of anilines is 1. The van der Waals surface area contributed by atoms with Gasteiger partial charge in [0, 0.05) is 74.2 Å². The van der Waals surface area contributed by atoms with Crippen LogP contribution in [0.1, 0.15) is 83.8 Å². The number of benzene rings is 2. The molecule has 2 aromatic rings. The van der Waals surface area contributed by atoms with Gasteiger partial charge in [0.15, 0.2) is 5.75 Å². The minimum absolute atomic E-state index is 0.0501. The number of hydrogen-bond donors (Lipinski definition) is 6. The molecule has 0 aliphatic carbocycles. The van der Waals surface area contributed by atoms with Gasteiger partial charge < -0.3 is 54.7 Å². The number of aliphatic hydroxyl groups is 2. The summed E-state index contributed by atoms with van der Waals surface area (Å²) in [7, 11) is 3.44. The van der Waals surface area contributed by atoms with Crippen LogP contribution in [0.15, 0.2) is 41.2 Å². The van der Waals surface area contributed by atoms with Crippen molar-refractivity contribution in [3.8, 4) is 23.0 Å². The molecule has 1 amide bonds. The fraction of sp³-hybridized carbons (Fsp3) is 0.556. The molecule has 334 valence electrons. The number of fused-ring (bicyclic) bond motifs is 14. The Kier molecular flexibility index (Phi) is 14.2. The van der Waals surface area contributed by atoms with Gasteiger partial charge in [0.2, 0.25) is 0 Å². The van der Waals surface area contributed by atoms with Crippen molar-refractivity contribution in [3.05, 3.63) is 52.8 Å². The van der Waals surface area contributed by atoms with Crippen molar-refractivity contribution < 1.29 is 58.9 Å². The van der Waals surface area contributed by atoms with Crippen molar-refractivity contribution in [1.29, 1.82) is 0 Å². The number of esters is 1. The number of phenols is 3. The summed E-state index contributed by atoms with van der Waals surface area (Å²) in [4.78, 5) is 42.9. The Balaban J connectivity index is 1.73. The number of hydrazone groups is 1. The number of phenolic OH excluding ortho intramolecular Hbond substituents is 3. The van der Waals surface area contributed by atoms with E-state index < -0.39 is 88.8 Å². The Bertz CT molecular complexity index is 2140. The molecule has 11 atom stereocenters. The molecule has 0 radical (unpaired) electrons. The Morgan fingerprint density at radius 2 is 1.57 bits per heavy atom. The molecule has 5 bridgehead atoms. The van der Waals surface area contributed by atoms with Crippen molar-refractivity contribution in [2.75, 3.05) is 32.6 Å². The lowest BCUT2D eigenvalue weighted by molar-refractivity contribution is -0.160. The lowest BCUT2D eigenvalue weighted by Crippen LogP contribution is -2.53. The van der Waals surface area contributed by atoms with E-state index in [0.29, 0.717) is 13.1 Å². The number of methoxy groups -OCH3 is 1. The summed E-state index contributed by atoms with van der Waals surface area (Å²) in [6.45, 7) is 17.9. The second-order valence-corrected chi connectivity index (χ2v) is 17.2. The molecule has 2 unspecified atom stereocenters. The van der Waals surface area contributed by atoms with E-state index in [9.17, 15) is 39.9 Å². The molecule has 6 N–H and O–H groups in total. The van der Waals surface area contributed by atoms with E-state index in [0.717, 1.165) is 0 Å². The van der Waals surface area contributed by atoms with Crippen molar-refractivity contribution >= 4 is 40.3 Å². The first-order valence-electron chi connectivity index (χ1n) is 20.6. The Hall–Kier alpha value is -5.16. The minimum Gasteiger partial charge on any atom is -0.507 e. The number of ketones is 1. The Morgan fingerprint density at radius 1 is 0.934 bits per heavy atom. The molecule has 61 heavy (non-hydrogen) atoms. The molecule has 1 saturated heterocycles. The molecule has 16 nitrogen and oxygen atoms in total. The van der Waals surface area contributed by atoms with Crippen LogP contribution in [0.2, 0.25) is 0 Å². The number of nitrogens with zero attached hydrogens (tertiary/aromatic N) is 3. The molecule has 0 spiro atoms. The number of aromatic hydroxyl groups is 3. The quantitative estimate of drug-likeness (QED) is 0.102. The van der Waals surface area contributed by atoms with E-state index in [1.165, 1.54) is 59.4 Å². The SMILES string of the molecule is CO[C@H]1/C=C/O[C@@]2(C)Oc3c(C)c(O)c4c(O)c(c(/C=N/N5C(C)CN(C)CC5C)c(O)c4c3C2=O)NC(=O)/C(C)=C\C=C\[C@H](C)[C@H](O)[C@@H](C)[C@@H](O)[C@@H](C)[C@H](OC(C)=O)[C@@H]1C. The average Bonchev–Trinajstić information content (AvgIpc) is 3.46. The third-order valence-electron chi connectivity index (χ3n) is 12.4. The van der Waals surface area contributed by atoms with Gasteiger partial charge in [-0.2, -0.15) is 5.10 Å². The molecule has 16 heteroatoms. The monoisotopic (exact) mass is 850 g/mol. The molecule has 2 aromatic carbocycles. The number of hydrogen-bond acceptors (Lipinski definition) is 15. The van der Waals surface area contributed by atoms with E-state index in [-0.39, 0.29) is 56.6 Å². The van der Waals surface area contributed by atoms with Gasteiger partial charge in [-0.25, -0.2) is 0 Å². The van der Waals surface area contributed by atoms with E-state index in [1.54, 1.807) is 39.8 Å². The van der Waals surface area contributed by atoms with E-state index in [2.05, 4.69) is 10.2 Å². The van der Waals surface area contributed by atoms with Gasteiger partial charge in [-0.1, -0.05) is 45.9 Å². The Morgan fingerprint density at radius 3 is 2.18 bits per heavy atom. The van der Waals surface area contributed by atoms with Crippen LogP contribution >= 0.6 is 0 Å². The van der Waals surface area contributed by atoms with E-state index in [4.69, 9.17) is 24.0 Å². The topological polar surface area (TPSA) is 220 Å². The van der Waals surface area contributed by atoms with Gasteiger partial charge in [-0.05, 0) is 40.8 Å². The molecular formula is C45H62N4O12. The summed E-state index contributed by atoms with van der Waals surface area (Å²) < 4.78 is 23.7. The minimum atomic E-state index is -2.05. The molecule has 4 heterocycles. The number of nitrogens with one attached hydrogen (secondary N) is 1. The summed E-state index contributed by atoms with van der Waals surface area (Å²) >= 11 is 0. The summed E-state index contributed by atoms with van der Waals surface area (Å²) in [6.07, 6.45) is 4.88. The van der Waals surface area contributed by atoms with Gasteiger partial charge >= 0.3 is 11.8 Å². The van der Waals surface area contributed by atoms with Crippen LogP contribution in [0.3, 0.4) is 0 Å². The fourth-order valence-corrected chi connectivity index (χ4v) is 8.80. The molecule has 0 saturated carbocycles. The first-order valence-corrected chi connectivity index (χ1v) is 20.6. The van der Waals surface area contributed by atoms with Crippen molar-refractivity contribution in [1.82, 2.24) is 9.91 Å². The largest absolute Gasteiger partial charge is 0.507 e. The van der Waals surface area contributed by atoms with Crippen molar-refractivity contribution in [2.45, 2.75) is 112 Å². The van der Waals surface area contributed by atoms with Crippen LogP contribution in [0, 0.1) is 30.6 Å². The number of ether oxygens (including phenoxy) is 4. The highest BCUT2D eigenvalue weighted by Gasteiger charge is 2.50. The van der Waals surface area contributed by atoms with Gasteiger partial charge in [0.05, 0.1) is 65.1 Å². The summed E-state index contributed by atoms with van der Waals surface area (Å²) in [5.74, 6) is -8.39. The zero-order valence-corrected chi connectivity index (χ0v) is 37.1. The predicted molar refractivity (Wildman–Crippen MR) is 230 cm³/mol. The second-order valence-electron chi connectivity index (χ2n) is 17.2. The fourth-order valence-electron chi connectivity index (χ4n) is 8.80. The third kappa shape index (κ3) is 9.08. The maximum Gasteiger partial charge on any atom is 0.312 e.